The van der Waals surface area contributed by atoms with E-state index < -0.39 is 41.5 Å². The molecule has 0 aliphatic carbocycles. The number of halogens is 3. The average molecular weight is 462 g/mol. The monoisotopic (exact) mass is 461 g/mol. The number of Topliss-reactive ketones (excluding diaryl/α,β-unsaturated/α-hetero) is 1. The molecule has 1 unspecified atom stereocenters. The zero-order chi connectivity index (χ0) is 23.9. The van der Waals surface area contributed by atoms with Crippen LogP contribution in [0.1, 0.15) is 46.3 Å². The molecule has 1 atom stereocenters. The molecule has 1 fully saturated rings. The van der Waals surface area contributed by atoms with Crippen molar-refractivity contribution in [1.82, 2.24) is 10.2 Å². The number of imide groups is 1. The van der Waals surface area contributed by atoms with Gasteiger partial charge in [-0.05, 0) is 42.2 Å². The van der Waals surface area contributed by atoms with E-state index >= 15 is 0 Å². The van der Waals surface area contributed by atoms with Gasteiger partial charge in [-0.3, -0.25) is 24.5 Å². The number of ketones is 1. The second-order valence-electron chi connectivity index (χ2n) is 7.83. The summed E-state index contributed by atoms with van der Waals surface area (Å²) in [7, 11) is 0. The first-order chi connectivity index (χ1) is 15.6. The Morgan fingerprint density at radius 2 is 1.91 bits per heavy atom. The molecule has 4 rings (SSSR count). The maximum Gasteiger partial charge on any atom is 0.330 e. The summed E-state index contributed by atoms with van der Waals surface area (Å²) in [5.41, 5.74) is 1.16. The summed E-state index contributed by atoms with van der Waals surface area (Å²) in [4.78, 5) is 50.2. The number of nitrogens with zero attached hydrogens (tertiary/aromatic N) is 1. The van der Waals surface area contributed by atoms with Crippen molar-refractivity contribution in [3.05, 3.63) is 69.7 Å². The molecule has 32 heavy (non-hydrogen) atoms. The van der Waals surface area contributed by atoms with Gasteiger partial charge >= 0.3 is 5.92 Å². The molecule has 3 amide bonds. The zero-order valence-electron chi connectivity index (χ0n) is 17.8. The van der Waals surface area contributed by atoms with E-state index in [2.05, 4.69) is 0 Å². The van der Waals surface area contributed by atoms with Gasteiger partial charge in [0.15, 0.2) is 1.41 Å². The van der Waals surface area contributed by atoms with E-state index in [9.17, 15) is 28.0 Å². The number of benzene rings is 2. The van der Waals surface area contributed by atoms with Crippen LogP contribution in [0.2, 0.25) is 6.43 Å². The van der Waals surface area contributed by atoms with E-state index in [-0.39, 0.29) is 31.7 Å². The minimum absolute atomic E-state index is 0.00474. The van der Waals surface area contributed by atoms with Crippen LogP contribution in [0.5, 0.6) is 0 Å². The summed E-state index contributed by atoms with van der Waals surface area (Å²) in [5, 5.41) is 0.586. The number of rotatable bonds is 6. The molecule has 2 heterocycles. The molecule has 1 N–H and O–H groups in total. The molecule has 1 saturated heterocycles. The highest BCUT2D eigenvalue weighted by atomic mass is 35.5. The molecule has 0 spiro atoms. The fourth-order valence-corrected chi connectivity index (χ4v) is 4.09. The molecular formula is C23H19ClF2N2O4. The number of carbonyl (C=O) groups excluding carboxylic acids is 4. The first-order valence-electron chi connectivity index (χ1n) is 10.5. The number of amides is 3. The molecule has 2 aromatic rings. The lowest BCUT2D eigenvalue weighted by atomic mass is 9.97. The number of carbonyl (C=O) groups is 4. The third-order valence-corrected chi connectivity index (χ3v) is 5.98. The Labute approximate surface area is 189 Å². The highest BCUT2D eigenvalue weighted by Crippen LogP contribution is 2.32. The fraction of sp³-hybridized carbons (Fsp3) is 0.304. The molecule has 9 heteroatoms. The first kappa shape index (κ1) is 20.8. The largest absolute Gasteiger partial charge is 0.330 e. The quantitative estimate of drug-likeness (QED) is 0.668. The normalized spacial score (nSPS) is 19.3. The van der Waals surface area contributed by atoms with Crippen molar-refractivity contribution in [1.29, 1.82) is 0 Å². The van der Waals surface area contributed by atoms with Crippen LogP contribution < -0.4 is 5.31 Å². The van der Waals surface area contributed by atoms with Crippen LogP contribution in [0.15, 0.2) is 42.5 Å². The standard InChI is InChI=1S/C23H19ClF2N2O4/c24-16-5-3-15(4-6-16)23(25,26)19(29)9-2-13-1-7-17-14(11-13)12-28(22(17)32)18-8-10-20(30)27-21(18)31/h1,3-7,11,18H,2,8-10,12H2,(H,27,30,31)/i/hD. The zero-order valence-corrected chi connectivity index (χ0v) is 17.6. The minimum atomic E-state index is -3.64. The number of nitrogens with one attached hydrogen (secondary N) is 1. The number of alkyl halides is 2. The van der Waals surface area contributed by atoms with Gasteiger partial charge in [0.05, 0.1) is 0 Å². The summed E-state index contributed by atoms with van der Waals surface area (Å²) in [5.74, 6) is -6.61. The number of hydrogen-bond donors (Lipinski definition) is 1. The second-order valence-corrected chi connectivity index (χ2v) is 8.26. The SMILES string of the molecule is [2H]N1C(=O)CCC(N2Cc3cc(CCC(=O)C(F)(F)c4ccc(Cl)cc4)ccc3C2=O)C1=O. The Balaban J connectivity index is 1.44. The van der Waals surface area contributed by atoms with E-state index in [1.807, 2.05) is 0 Å². The van der Waals surface area contributed by atoms with Crippen LogP contribution in [-0.4, -0.2) is 34.4 Å². The van der Waals surface area contributed by atoms with Gasteiger partial charge in [0.25, 0.3) is 5.91 Å². The molecular weight excluding hydrogens is 442 g/mol. The van der Waals surface area contributed by atoms with Gasteiger partial charge in [-0.15, -0.1) is 0 Å². The molecule has 2 aromatic carbocycles. The molecule has 0 radical (unpaired) electrons. The van der Waals surface area contributed by atoms with Crippen LogP contribution in [0, 0.1) is 0 Å². The third-order valence-electron chi connectivity index (χ3n) is 5.73. The molecule has 2 aliphatic rings. The van der Waals surface area contributed by atoms with Crippen molar-refractivity contribution in [2.24, 2.45) is 0 Å². The summed E-state index contributed by atoms with van der Waals surface area (Å²) in [6.07, 6.45) is -0.201. The lowest BCUT2D eigenvalue weighted by Gasteiger charge is -2.29. The Morgan fingerprint density at radius 1 is 1.19 bits per heavy atom. The van der Waals surface area contributed by atoms with Gasteiger partial charge in [0.1, 0.15) is 6.04 Å². The molecule has 0 saturated carbocycles. The topological polar surface area (TPSA) is 83.6 Å². The second kappa shape index (κ2) is 8.43. The van der Waals surface area contributed by atoms with Crippen LogP contribution in [0.4, 0.5) is 8.78 Å². The molecule has 6 nitrogen and oxygen atoms in total. The Morgan fingerprint density at radius 3 is 2.62 bits per heavy atom. The Hall–Kier alpha value is -3.13. The Kier molecular flexibility index (Phi) is 5.46. The summed E-state index contributed by atoms with van der Waals surface area (Å²) < 4.78 is 36.5. The van der Waals surface area contributed by atoms with Gasteiger partial charge < -0.3 is 4.90 Å². The van der Waals surface area contributed by atoms with E-state index in [0.717, 1.165) is 12.1 Å². The average Bonchev–Trinajstić information content (AvgIpc) is 3.11. The predicted octanol–water partition coefficient (Wildman–Crippen LogP) is 3.39. The van der Waals surface area contributed by atoms with Crippen molar-refractivity contribution >= 4 is 35.1 Å². The van der Waals surface area contributed by atoms with Gasteiger partial charge in [0.2, 0.25) is 17.6 Å². The number of hydrogen-bond acceptors (Lipinski definition) is 4. The number of piperidine rings is 1. The number of aryl methyl sites for hydroxylation is 1. The van der Waals surface area contributed by atoms with Crippen molar-refractivity contribution in [3.63, 3.8) is 0 Å². The van der Waals surface area contributed by atoms with Gasteiger partial charge in [-0.2, -0.15) is 8.78 Å². The lowest BCUT2D eigenvalue weighted by molar-refractivity contribution is -0.144. The maximum absolute atomic E-state index is 14.5. The van der Waals surface area contributed by atoms with Gasteiger partial charge in [-0.25, -0.2) is 0 Å². The lowest BCUT2D eigenvalue weighted by Crippen LogP contribution is -2.52. The van der Waals surface area contributed by atoms with Crippen LogP contribution in [-0.2, 0) is 33.3 Å². The highest BCUT2D eigenvalue weighted by Gasteiger charge is 2.41. The van der Waals surface area contributed by atoms with Crippen LogP contribution in [0.3, 0.4) is 0 Å². The van der Waals surface area contributed by atoms with Crippen molar-refractivity contribution < 1.29 is 29.4 Å². The maximum atomic E-state index is 14.5. The first-order valence-corrected chi connectivity index (χ1v) is 10.4. The summed E-state index contributed by atoms with van der Waals surface area (Å²) >= 11 is 5.72. The number of fused-ring (bicyclic) bond motifs is 1. The summed E-state index contributed by atoms with van der Waals surface area (Å²) in [6, 6.07) is 8.74. The minimum Gasteiger partial charge on any atom is -0.322 e. The van der Waals surface area contributed by atoms with E-state index in [1.54, 1.807) is 18.2 Å². The van der Waals surface area contributed by atoms with Crippen molar-refractivity contribution in [2.45, 2.75) is 44.2 Å². The fourth-order valence-electron chi connectivity index (χ4n) is 3.96. The third kappa shape index (κ3) is 4.14. The molecule has 0 bridgehead atoms. The highest BCUT2D eigenvalue weighted by molar-refractivity contribution is 6.30. The van der Waals surface area contributed by atoms with E-state index in [4.69, 9.17) is 13.0 Å². The molecule has 2 aliphatic heterocycles. The van der Waals surface area contributed by atoms with Gasteiger partial charge in [-0.1, -0.05) is 35.9 Å². The van der Waals surface area contributed by atoms with Gasteiger partial charge in [0, 0.05) is 35.5 Å². The molecule has 0 aromatic heterocycles. The van der Waals surface area contributed by atoms with Crippen LogP contribution >= 0.6 is 11.6 Å². The van der Waals surface area contributed by atoms with E-state index in [0.29, 0.717) is 27.0 Å². The summed E-state index contributed by atoms with van der Waals surface area (Å²) in [6.45, 7) is 0.106. The van der Waals surface area contributed by atoms with Crippen molar-refractivity contribution in [2.75, 3.05) is 0 Å². The Bertz CT molecular complexity index is 1160. The van der Waals surface area contributed by atoms with E-state index in [1.165, 1.54) is 17.0 Å². The molecule has 166 valence electrons. The van der Waals surface area contributed by atoms with Crippen LogP contribution in [0.25, 0.3) is 0 Å². The van der Waals surface area contributed by atoms with Crippen molar-refractivity contribution in [3.8, 4) is 0 Å². The smallest absolute Gasteiger partial charge is 0.322 e. The predicted molar refractivity (Wildman–Crippen MR) is 111 cm³/mol.